The lowest BCUT2D eigenvalue weighted by atomic mass is 9.40. The van der Waals surface area contributed by atoms with E-state index in [1.54, 1.807) is 51.7 Å². The van der Waals surface area contributed by atoms with Crippen molar-refractivity contribution in [1.29, 1.82) is 0 Å². The molecule has 364 valence electrons. The fourth-order valence-corrected chi connectivity index (χ4v) is 14.9. The largest absolute Gasteiger partial charge is 0.462 e. The van der Waals surface area contributed by atoms with Gasteiger partial charge in [0, 0.05) is 89.9 Å². The zero-order valence-electron chi connectivity index (χ0n) is 39.9. The number of esters is 3. The van der Waals surface area contributed by atoms with Gasteiger partial charge in [-0.15, -0.1) is 0 Å². The normalized spacial score (nSPS) is 40.0. The summed E-state index contributed by atoms with van der Waals surface area (Å²) in [5, 5.41) is 40.5. The number of ether oxygens (including phenoxy) is 7. The number of carbonyl (C=O) groups excluding carboxylic acids is 3. The Morgan fingerprint density at radius 1 is 0.800 bits per heavy atom. The summed E-state index contributed by atoms with van der Waals surface area (Å²) in [6.07, 6.45) is 11.5. The zero-order valence-corrected chi connectivity index (χ0v) is 39.9. The highest BCUT2D eigenvalue weighted by atomic mass is 16.6. The number of piperidine rings is 1. The van der Waals surface area contributed by atoms with Crippen LogP contribution < -0.4 is 0 Å². The van der Waals surface area contributed by atoms with Gasteiger partial charge < -0.3 is 53.4 Å². The van der Waals surface area contributed by atoms with Gasteiger partial charge >= 0.3 is 17.9 Å². The van der Waals surface area contributed by atoms with Gasteiger partial charge in [0.05, 0.1) is 35.9 Å². The van der Waals surface area contributed by atoms with Gasteiger partial charge in [-0.25, -0.2) is 4.79 Å². The van der Waals surface area contributed by atoms with Crippen LogP contribution in [0.5, 0.6) is 0 Å². The maximum Gasteiger partial charge on any atom is 0.338 e. The van der Waals surface area contributed by atoms with Crippen molar-refractivity contribution in [3.05, 3.63) is 48.0 Å². The molecule has 0 radical (unpaired) electrons. The molecule has 14 nitrogen and oxygen atoms in total. The lowest BCUT2D eigenvalue weighted by Crippen LogP contribution is -2.85. The third kappa shape index (κ3) is 8.01. The minimum absolute atomic E-state index is 0.0381. The average Bonchev–Trinajstić information content (AvgIpc) is 3.65. The molecule has 1 saturated heterocycles. The molecular weight excluding hydrogens is 835 g/mol. The molecule has 1 heterocycles. The van der Waals surface area contributed by atoms with Crippen LogP contribution in [0.15, 0.2) is 42.5 Å². The molecule has 65 heavy (non-hydrogen) atoms. The van der Waals surface area contributed by atoms with Crippen LogP contribution in [0.1, 0.15) is 127 Å². The molecule has 7 bridgehead atoms. The third-order valence-electron chi connectivity index (χ3n) is 16.8. The first-order valence-electron chi connectivity index (χ1n) is 24.5. The lowest BCUT2D eigenvalue weighted by molar-refractivity contribution is -0.354. The molecule has 6 aliphatic rings. The quantitative estimate of drug-likeness (QED) is 0.0479. The Morgan fingerprint density at radius 3 is 2.05 bits per heavy atom. The topological polar surface area (TPSA) is 180 Å². The van der Waals surface area contributed by atoms with Crippen molar-refractivity contribution in [3.8, 4) is 0 Å². The van der Waals surface area contributed by atoms with Crippen LogP contribution >= 0.6 is 0 Å². The standard InChI is InChI=1S/C51H77NO13/c1-8-9-10-11-12-13-14-15-16-17-18-19-20-21-25-28-37(54)65-51-38-39(61-6)40-47(32-59-4)31-52(3)42(38)50(40,36(60-5)29-35(47)63-33(2)53)49(58)30-48(57,45(62-7)43(51)55)44(41(49)51)64-46(56)34-26-23-22-24-27-34/h15-16,22-24,26-27,35-36,38-45,55,57-58H,8-14,17-21,25,28-32H2,1-7H3/b16-15-/t35-,36+,38+,39+,40-,41+,42?,43+,44-,45+,47+,48-,49+,50-,51+/m1/s1. The number of unbranched alkanes of at least 4 members (excludes halogenated alkanes) is 11. The molecular formula is C51H77NO13. The van der Waals surface area contributed by atoms with Crippen LogP contribution in [0.25, 0.3) is 0 Å². The van der Waals surface area contributed by atoms with Crippen molar-refractivity contribution in [1.82, 2.24) is 4.90 Å². The van der Waals surface area contributed by atoms with Gasteiger partial charge in [-0.2, -0.15) is 0 Å². The van der Waals surface area contributed by atoms with Crippen LogP contribution in [0, 0.1) is 28.6 Å². The van der Waals surface area contributed by atoms with E-state index in [9.17, 15) is 29.7 Å². The van der Waals surface area contributed by atoms with E-state index in [1.165, 1.54) is 52.6 Å². The van der Waals surface area contributed by atoms with E-state index in [4.69, 9.17) is 33.2 Å². The van der Waals surface area contributed by atoms with Crippen LogP contribution in [-0.2, 0) is 42.7 Å². The summed E-state index contributed by atoms with van der Waals surface area (Å²) in [6, 6.07) is 7.67. The molecule has 15 atom stereocenters. The van der Waals surface area contributed by atoms with Crippen molar-refractivity contribution < 1.29 is 62.9 Å². The highest BCUT2D eigenvalue weighted by Gasteiger charge is 2.96. The van der Waals surface area contributed by atoms with Crippen molar-refractivity contribution >= 4 is 17.9 Å². The van der Waals surface area contributed by atoms with Crippen LogP contribution in [0.2, 0.25) is 0 Å². The number of benzene rings is 1. The number of aliphatic hydroxyl groups is 3. The van der Waals surface area contributed by atoms with E-state index in [0.29, 0.717) is 13.0 Å². The fourth-order valence-electron chi connectivity index (χ4n) is 14.9. The molecule has 14 heteroatoms. The number of nitrogens with zero attached hydrogens (tertiary/aromatic N) is 1. The number of carbonyl (C=O) groups is 3. The number of aliphatic hydroxyl groups excluding tert-OH is 1. The molecule has 5 saturated carbocycles. The van der Waals surface area contributed by atoms with Crippen molar-refractivity contribution in [2.45, 2.75) is 176 Å². The second-order valence-electron chi connectivity index (χ2n) is 20.2. The van der Waals surface area contributed by atoms with Gasteiger partial charge in [0.15, 0.2) is 5.60 Å². The van der Waals surface area contributed by atoms with Crippen LogP contribution in [0.3, 0.4) is 0 Å². The minimum atomic E-state index is -2.17. The van der Waals surface area contributed by atoms with Gasteiger partial charge in [0.2, 0.25) is 0 Å². The van der Waals surface area contributed by atoms with E-state index in [1.807, 2.05) is 7.05 Å². The highest BCUT2D eigenvalue weighted by Crippen LogP contribution is 2.82. The predicted octanol–water partition coefficient (Wildman–Crippen LogP) is 5.96. The monoisotopic (exact) mass is 912 g/mol. The number of hydrogen-bond acceptors (Lipinski definition) is 14. The first-order chi connectivity index (χ1) is 31.2. The van der Waals surface area contributed by atoms with E-state index < -0.39 is 112 Å². The summed E-state index contributed by atoms with van der Waals surface area (Å²) in [5.41, 5.74) is -8.41. The predicted molar refractivity (Wildman–Crippen MR) is 241 cm³/mol. The molecule has 1 aromatic carbocycles. The smallest absolute Gasteiger partial charge is 0.338 e. The van der Waals surface area contributed by atoms with Crippen molar-refractivity contribution in [2.75, 3.05) is 48.6 Å². The summed E-state index contributed by atoms with van der Waals surface area (Å²) in [5.74, 6) is -4.82. The van der Waals surface area contributed by atoms with Gasteiger partial charge in [0.1, 0.15) is 30.0 Å². The molecule has 1 spiro atoms. The van der Waals surface area contributed by atoms with E-state index in [-0.39, 0.29) is 25.0 Å². The Kier molecular flexibility index (Phi) is 15.6. The number of allylic oxidation sites excluding steroid dienone is 2. The van der Waals surface area contributed by atoms with E-state index >= 15 is 0 Å². The maximum atomic E-state index is 14.6. The Labute approximate surface area is 386 Å². The fraction of sp³-hybridized carbons (Fsp3) is 0.784. The summed E-state index contributed by atoms with van der Waals surface area (Å²) >= 11 is 0. The number of fused-ring (bicyclic) bond motifs is 2. The SMILES string of the molecule is CCCCCCCC/C=C\CCCCCCCC(=O)O[C@@]12[C@@H]3C4N(C)C[C@@]5(COC)[C@@H]([C@H]3OC)[C@@]4([C@@H](OC)C[C@H]5OC(C)=O)[C@]3(O)C[C@@](O)([C@H](OC(=O)c4ccccc4)[C@H]13)[C@@H](OC)[C@@H]2O. The number of hydrogen-bond donors (Lipinski definition) is 3. The summed E-state index contributed by atoms with van der Waals surface area (Å²) in [7, 11) is 7.93. The zero-order chi connectivity index (χ0) is 46.8. The molecule has 7 rings (SSSR count). The number of methoxy groups -OCH3 is 4. The highest BCUT2D eigenvalue weighted by molar-refractivity contribution is 5.89. The third-order valence-corrected chi connectivity index (χ3v) is 16.8. The number of rotatable bonds is 24. The lowest BCUT2D eigenvalue weighted by Gasteiger charge is -2.72. The summed E-state index contributed by atoms with van der Waals surface area (Å²) in [6.45, 7) is 4.03. The van der Waals surface area contributed by atoms with Gasteiger partial charge in [-0.05, 0) is 51.3 Å². The van der Waals surface area contributed by atoms with E-state index in [2.05, 4.69) is 24.0 Å². The second kappa shape index (κ2) is 20.3. The van der Waals surface area contributed by atoms with Gasteiger partial charge in [-0.3, -0.25) is 9.59 Å². The molecule has 0 amide bonds. The van der Waals surface area contributed by atoms with Crippen molar-refractivity contribution in [3.63, 3.8) is 0 Å². The molecule has 6 fully saturated rings. The molecule has 3 N–H and O–H groups in total. The Balaban J connectivity index is 1.23. The summed E-state index contributed by atoms with van der Waals surface area (Å²) < 4.78 is 44.6. The minimum Gasteiger partial charge on any atom is -0.462 e. The van der Waals surface area contributed by atoms with Gasteiger partial charge in [-0.1, -0.05) is 88.6 Å². The first kappa shape index (κ1) is 49.9. The van der Waals surface area contributed by atoms with E-state index in [0.717, 1.165) is 38.5 Å². The van der Waals surface area contributed by atoms with Gasteiger partial charge in [0.25, 0.3) is 0 Å². The van der Waals surface area contributed by atoms with Crippen LogP contribution in [-0.4, -0.2) is 146 Å². The molecule has 1 unspecified atom stereocenters. The number of likely N-dealkylation sites (tertiary alicyclic amines) is 1. The Hall–Kier alpha value is -2.95. The molecule has 5 aliphatic carbocycles. The molecule has 0 aromatic heterocycles. The maximum absolute atomic E-state index is 14.6. The van der Waals surface area contributed by atoms with Crippen molar-refractivity contribution in [2.24, 2.45) is 28.6 Å². The molecule has 1 aliphatic heterocycles. The summed E-state index contributed by atoms with van der Waals surface area (Å²) in [4.78, 5) is 43.8. The Bertz CT molecular complexity index is 1830. The van der Waals surface area contributed by atoms with Crippen LogP contribution in [0.4, 0.5) is 0 Å². The second-order valence-corrected chi connectivity index (χ2v) is 20.2. The average molecular weight is 912 g/mol. The Morgan fingerprint density at radius 2 is 1.45 bits per heavy atom. The molecule has 1 aromatic rings. The first-order valence-corrected chi connectivity index (χ1v) is 24.5.